The Morgan fingerprint density at radius 3 is 2.82 bits per heavy atom. The Labute approximate surface area is 139 Å². The first kappa shape index (κ1) is 18.8. The second-order valence-corrected chi connectivity index (χ2v) is 5.41. The fraction of sp³-hybridized carbons (Fsp3) is 0.588. The third kappa shape index (κ3) is 6.24. The summed E-state index contributed by atoms with van der Waals surface area (Å²) in [6, 6.07) is 9.87. The van der Waals surface area contributed by atoms with Gasteiger partial charge in [-0.05, 0) is 44.9 Å². The number of piperidine rings is 1. The number of ether oxygens (including phenoxy) is 2. The molecular weight excluding hydrogens is 302 g/mol. The number of para-hydroxylation sites is 1. The minimum Gasteiger partial charge on any atom is -0.494 e. The van der Waals surface area contributed by atoms with Gasteiger partial charge in [0.15, 0.2) is 0 Å². The highest BCUT2D eigenvalue weighted by Crippen LogP contribution is 2.18. The molecule has 1 saturated heterocycles. The van der Waals surface area contributed by atoms with Gasteiger partial charge in [0.1, 0.15) is 5.75 Å². The molecule has 1 aliphatic heterocycles. The molecule has 1 fully saturated rings. The summed E-state index contributed by atoms with van der Waals surface area (Å²) in [5.74, 6) is 0.928. The van der Waals surface area contributed by atoms with E-state index in [0.29, 0.717) is 13.2 Å². The molecule has 1 atom stereocenters. The molecular formula is C17H26ClNO3. The van der Waals surface area contributed by atoms with Crippen molar-refractivity contribution in [3.8, 4) is 5.75 Å². The van der Waals surface area contributed by atoms with E-state index in [2.05, 4.69) is 4.90 Å². The molecule has 0 N–H and O–H groups in total. The van der Waals surface area contributed by atoms with Gasteiger partial charge in [0, 0.05) is 13.1 Å². The Kier molecular flexibility index (Phi) is 8.94. The summed E-state index contributed by atoms with van der Waals surface area (Å²) in [4.78, 5) is 14.1. The maximum absolute atomic E-state index is 11.8. The highest BCUT2D eigenvalue weighted by Gasteiger charge is 2.26. The van der Waals surface area contributed by atoms with Crippen LogP contribution in [0.25, 0.3) is 0 Å². The van der Waals surface area contributed by atoms with Crippen LogP contribution in [-0.4, -0.2) is 43.7 Å². The summed E-state index contributed by atoms with van der Waals surface area (Å²) in [5.41, 5.74) is 0. The number of carbonyl (C=O) groups is 1. The highest BCUT2D eigenvalue weighted by atomic mass is 35.5. The van der Waals surface area contributed by atoms with Crippen LogP contribution in [0.15, 0.2) is 30.3 Å². The number of esters is 1. The monoisotopic (exact) mass is 327 g/mol. The first-order valence-electron chi connectivity index (χ1n) is 7.86. The number of halogens is 1. The predicted molar refractivity (Wildman–Crippen MR) is 89.6 cm³/mol. The van der Waals surface area contributed by atoms with Crippen molar-refractivity contribution in [3.63, 3.8) is 0 Å². The van der Waals surface area contributed by atoms with E-state index >= 15 is 0 Å². The van der Waals surface area contributed by atoms with E-state index in [1.807, 2.05) is 37.3 Å². The van der Waals surface area contributed by atoms with Gasteiger partial charge in [-0.15, -0.1) is 12.4 Å². The van der Waals surface area contributed by atoms with Gasteiger partial charge in [0.25, 0.3) is 0 Å². The van der Waals surface area contributed by atoms with Gasteiger partial charge in [-0.3, -0.25) is 4.79 Å². The zero-order valence-corrected chi connectivity index (χ0v) is 14.0. The number of benzene rings is 1. The lowest BCUT2D eigenvalue weighted by Crippen LogP contribution is -2.40. The Morgan fingerprint density at radius 2 is 2.09 bits per heavy atom. The van der Waals surface area contributed by atoms with E-state index in [-0.39, 0.29) is 24.3 Å². The summed E-state index contributed by atoms with van der Waals surface area (Å²) >= 11 is 0. The van der Waals surface area contributed by atoms with Crippen molar-refractivity contribution in [1.29, 1.82) is 0 Å². The molecule has 0 radical (unpaired) electrons. The molecule has 124 valence electrons. The lowest BCUT2D eigenvalue weighted by atomic mass is 9.98. The Balaban J connectivity index is 0.00000242. The largest absolute Gasteiger partial charge is 0.494 e. The molecule has 1 heterocycles. The van der Waals surface area contributed by atoms with Gasteiger partial charge in [-0.1, -0.05) is 18.2 Å². The number of likely N-dealkylation sites (tertiary alicyclic amines) is 1. The minimum atomic E-state index is -0.0391. The van der Waals surface area contributed by atoms with Crippen LogP contribution in [0.4, 0.5) is 0 Å². The van der Waals surface area contributed by atoms with Crippen LogP contribution >= 0.6 is 12.4 Å². The normalized spacial score (nSPS) is 18.3. The fourth-order valence-electron chi connectivity index (χ4n) is 2.71. The van der Waals surface area contributed by atoms with Gasteiger partial charge in [-0.25, -0.2) is 0 Å². The maximum atomic E-state index is 11.8. The standard InChI is InChI=1S/C17H25NO3.ClH/c1-2-20-17(19)15-8-6-11-18(14-15)12-7-13-21-16-9-4-3-5-10-16;/h3-5,9-10,15H,2,6-8,11-14H2,1H3;1H. The molecule has 0 aromatic heterocycles. The summed E-state index contributed by atoms with van der Waals surface area (Å²) in [5, 5.41) is 0. The number of hydrogen-bond donors (Lipinski definition) is 0. The summed E-state index contributed by atoms with van der Waals surface area (Å²) < 4.78 is 10.8. The van der Waals surface area contributed by atoms with Crippen molar-refractivity contribution in [2.75, 3.05) is 32.8 Å². The molecule has 0 bridgehead atoms. The molecule has 4 nitrogen and oxygen atoms in total. The molecule has 22 heavy (non-hydrogen) atoms. The van der Waals surface area contributed by atoms with Gasteiger partial charge in [0.05, 0.1) is 19.1 Å². The van der Waals surface area contributed by atoms with E-state index in [1.165, 1.54) is 0 Å². The molecule has 2 rings (SSSR count). The van der Waals surface area contributed by atoms with E-state index in [4.69, 9.17) is 9.47 Å². The second-order valence-electron chi connectivity index (χ2n) is 5.41. The Hall–Kier alpha value is -1.26. The third-order valence-corrected chi connectivity index (χ3v) is 3.76. The third-order valence-electron chi connectivity index (χ3n) is 3.76. The quantitative estimate of drug-likeness (QED) is 0.569. The minimum absolute atomic E-state index is 0. The number of rotatable bonds is 7. The summed E-state index contributed by atoms with van der Waals surface area (Å²) in [7, 11) is 0. The first-order chi connectivity index (χ1) is 10.3. The van der Waals surface area contributed by atoms with E-state index in [0.717, 1.165) is 44.6 Å². The van der Waals surface area contributed by atoms with Crippen molar-refractivity contribution >= 4 is 18.4 Å². The predicted octanol–water partition coefficient (Wildman–Crippen LogP) is 3.15. The topological polar surface area (TPSA) is 38.8 Å². The van der Waals surface area contributed by atoms with Crippen molar-refractivity contribution < 1.29 is 14.3 Å². The Morgan fingerprint density at radius 1 is 1.32 bits per heavy atom. The van der Waals surface area contributed by atoms with Gasteiger partial charge < -0.3 is 14.4 Å². The summed E-state index contributed by atoms with van der Waals surface area (Å²) in [6.45, 7) is 5.92. The zero-order chi connectivity index (χ0) is 14.9. The number of nitrogens with zero attached hydrogens (tertiary/aromatic N) is 1. The van der Waals surface area contributed by atoms with Crippen LogP contribution in [0.3, 0.4) is 0 Å². The van der Waals surface area contributed by atoms with Crippen molar-refractivity contribution in [1.82, 2.24) is 4.90 Å². The molecule has 1 unspecified atom stereocenters. The van der Waals surface area contributed by atoms with Gasteiger partial charge in [0.2, 0.25) is 0 Å². The molecule has 5 heteroatoms. The van der Waals surface area contributed by atoms with Crippen molar-refractivity contribution in [3.05, 3.63) is 30.3 Å². The van der Waals surface area contributed by atoms with Crippen LogP contribution < -0.4 is 4.74 Å². The summed E-state index contributed by atoms with van der Waals surface area (Å²) in [6.07, 6.45) is 3.00. The lowest BCUT2D eigenvalue weighted by Gasteiger charge is -2.31. The number of hydrogen-bond acceptors (Lipinski definition) is 4. The smallest absolute Gasteiger partial charge is 0.310 e. The van der Waals surface area contributed by atoms with Gasteiger partial charge >= 0.3 is 5.97 Å². The first-order valence-corrected chi connectivity index (χ1v) is 7.86. The molecule has 1 aromatic carbocycles. The SMILES string of the molecule is CCOC(=O)C1CCCN(CCCOc2ccccc2)C1.Cl. The van der Waals surface area contributed by atoms with Gasteiger partial charge in [-0.2, -0.15) is 0 Å². The van der Waals surface area contributed by atoms with Crippen LogP contribution in [0.2, 0.25) is 0 Å². The second kappa shape index (κ2) is 10.5. The van der Waals surface area contributed by atoms with Crippen molar-refractivity contribution in [2.24, 2.45) is 5.92 Å². The molecule has 0 spiro atoms. The zero-order valence-electron chi connectivity index (χ0n) is 13.2. The van der Waals surface area contributed by atoms with Crippen LogP contribution in [0, 0.1) is 5.92 Å². The lowest BCUT2D eigenvalue weighted by molar-refractivity contribution is -0.149. The fourth-order valence-corrected chi connectivity index (χ4v) is 2.71. The van der Waals surface area contributed by atoms with E-state index in [9.17, 15) is 4.79 Å². The average molecular weight is 328 g/mol. The molecule has 0 amide bonds. The molecule has 1 aliphatic rings. The van der Waals surface area contributed by atoms with Crippen LogP contribution in [0.1, 0.15) is 26.2 Å². The van der Waals surface area contributed by atoms with Crippen molar-refractivity contribution in [2.45, 2.75) is 26.2 Å². The highest BCUT2D eigenvalue weighted by molar-refractivity contribution is 5.85. The van der Waals surface area contributed by atoms with E-state index in [1.54, 1.807) is 0 Å². The van der Waals surface area contributed by atoms with E-state index < -0.39 is 0 Å². The molecule has 0 aliphatic carbocycles. The van der Waals surface area contributed by atoms with Crippen LogP contribution in [-0.2, 0) is 9.53 Å². The Bertz CT molecular complexity index is 427. The van der Waals surface area contributed by atoms with Crippen LogP contribution in [0.5, 0.6) is 5.75 Å². The molecule has 0 saturated carbocycles. The molecule has 1 aromatic rings. The average Bonchev–Trinajstić information content (AvgIpc) is 2.53. The number of carbonyl (C=O) groups excluding carboxylic acids is 1. The maximum Gasteiger partial charge on any atom is 0.310 e.